The molecule has 0 amide bonds. The van der Waals surface area contributed by atoms with E-state index in [4.69, 9.17) is 9.47 Å². The zero-order valence-electron chi connectivity index (χ0n) is 10.4. The molecule has 1 aliphatic heterocycles. The Morgan fingerprint density at radius 2 is 1.88 bits per heavy atom. The fourth-order valence-corrected chi connectivity index (χ4v) is 1.88. The molecule has 0 aromatic carbocycles. The Kier molecular flexibility index (Phi) is 10.4. The first-order chi connectivity index (χ1) is 7.34. The minimum absolute atomic E-state index is 0. The molecule has 1 saturated heterocycles. The molecule has 0 aliphatic carbocycles. The molecular weight excluding hydrogens is 228 g/mol. The fourth-order valence-electron chi connectivity index (χ4n) is 1.88. The fraction of sp³-hybridized carbons (Fsp3) is 1.00. The summed E-state index contributed by atoms with van der Waals surface area (Å²) >= 11 is 0. The molecule has 0 atom stereocenters. The second kappa shape index (κ2) is 10.3. The van der Waals surface area contributed by atoms with Crippen molar-refractivity contribution in [3.05, 3.63) is 0 Å². The van der Waals surface area contributed by atoms with Gasteiger partial charge in [-0.15, -0.1) is 12.4 Å². The molecule has 0 radical (unpaired) electrons. The molecule has 1 fully saturated rings. The zero-order valence-corrected chi connectivity index (χ0v) is 11.2. The predicted molar refractivity (Wildman–Crippen MR) is 68.5 cm³/mol. The van der Waals surface area contributed by atoms with Crippen molar-refractivity contribution in [3.8, 4) is 0 Å². The number of piperidine rings is 1. The number of nitrogens with zero attached hydrogens (tertiary/aromatic N) is 1. The number of hydrogen-bond donors (Lipinski definition) is 1. The van der Waals surface area contributed by atoms with E-state index in [-0.39, 0.29) is 12.4 Å². The third-order valence-electron chi connectivity index (χ3n) is 2.95. The largest absolute Gasteiger partial charge is 0.382 e. The molecule has 1 heterocycles. The molecule has 1 N–H and O–H groups in total. The van der Waals surface area contributed by atoms with Crippen molar-refractivity contribution in [2.45, 2.75) is 18.9 Å². The molecule has 0 aromatic heterocycles. The first-order valence-corrected chi connectivity index (χ1v) is 5.82. The van der Waals surface area contributed by atoms with Crippen LogP contribution in [0.5, 0.6) is 0 Å². The lowest BCUT2D eigenvalue weighted by Gasteiger charge is -2.31. The summed E-state index contributed by atoms with van der Waals surface area (Å²) < 4.78 is 10.4. The summed E-state index contributed by atoms with van der Waals surface area (Å²) in [7, 11) is 3.89. The Hall–Kier alpha value is 0.130. The highest BCUT2D eigenvalue weighted by Gasteiger charge is 2.16. The maximum atomic E-state index is 5.45. The van der Waals surface area contributed by atoms with Crippen molar-refractivity contribution < 1.29 is 9.47 Å². The molecule has 1 aliphatic rings. The summed E-state index contributed by atoms with van der Waals surface area (Å²) in [5, 5.41) is 3.38. The number of ether oxygens (including phenoxy) is 2. The average Bonchev–Trinajstić information content (AvgIpc) is 2.30. The molecular formula is C11H25ClN2O2. The van der Waals surface area contributed by atoms with Crippen LogP contribution in [-0.2, 0) is 9.47 Å². The van der Waals surface area contributed by atoms with Gasteiger partial charge in [0.15, 0.2) is 0 Å². The zero-order chi connectivity index (χ0) is 10.9. The van der Waals surface area contributed by atoms with E-state index in [2.05, 4.69) is 17.3 Å². The minimum atomic E-state index is 0. The van der Waals surface area contributed by atoms with Gasteiger partial charge in [-0.25, -0.2) is 0 Å². The molecule has 4 nitrogen and oxygen atoms in total. The lowest BCUT2D eigenvalue weighted by molar-refractivity contribution is 0.0522. The molecule has 0 aromatic rings. The van der Waals surface area contributed by atoms with Gasteiger partial charge in [-0.05, 0) is 33.0 Å². The highest BCUT2D eigenvalue weighted by molar-refractivity contribution is 5.85. The van der Waals surface area contributed by atoms with E-state index in [1.54, 1.807) is 7.11 Å². The number of nitrogens with one attached hydrogen (secondary N) is 1. The van der Waals surface area contributed by atoms with E-state index in [0.717, 1.165) is 32.3 Å². The number of methoxy groups -OCH3 is 1. The van der Waals surface area contributed by atoms with Crippen LogP contribution in [0.1, 0.15) is 12.8 Å². The third-order valence-corrected chi connectivity index (χ3v) is 2.95. The molecule has 0 bridgehead atoms. The standard InChI is InChI=1S/C11H24N2O2.ClH/c1-13(7-8-15-10-9-14-2)11-3-5-12-6-4-11;/h11-12H,3-10H2,1-2H3;1H. The van der Waals surface area contributed by atoms with Crippen LogP contribution in [0.4, 0.5) is 0 Å². The quantitative estimate of drug-likeness (QED) is 0.679. The summed E-state index contributed by atoms with van der Waals surface area (Å²) in [5.41, 5.74) is 0. The van der Waals surface area contributed by atoms with Gasteiger partial charge in [0.1, 0.15) is 0 Å². The van der Waals surface area contributed by atoms with Gasteiger partial charge in [0.05, 0.1) is 19.8 Å². The first-order valence-electron chi connectivity index (χ1n) is 5.82. The molecule has 0 unspecified atom stereocenters. The van der Waals surface area contributed by atoms with Crippen LogP contribution in [0.15, 0.2) is 0 Å². The maximum absolute atomic E-state index is 5.45. The second-order valence-electron chi connectivity index (χ2n) is 4.07. The van der Waals surface area contributed by atoms with Crippen molar-refractivity contribution in [1.29, 1.82) is 0 Å². The SMILES string of the molecule is COCCOCCN(C)C1CCNCC1.Cl. The number of halogens is 1. The number of rotatable bonds is 7. The van der Waals surface area contributed by atoms with Crippen LogP contribution < -0.4 is 5.32 Å². The van der Waals surface area contributed by atoms with Gasteiger partial charge in [-0.2, -0.15) is 0 Å². The Balaban J connectivity index is 0.00000225. The van der Waals surface area contributed by atoms with Gasteiger partial charge >= 0.3 is 0 Å². The first kappa shape index (κ1) is 16.1. The normalized spacial score (nSPS) is 17.4. The van der Waals surface area contributed by atoms with E-state index in [0.29, 0.717) is 13.2 Å². The van der Waals surface area contributed by atoms with Crippen LogP contribution in [0.2, 0.25) is 0 Å². The van der Waals surface area contributed by atoms with Crippen molar-refractivity contribution in [3.63, 3.8) is 0 Å². The topological polar surface area (TPSA) is 33.7 Å². The number of hydrogen-bond acceptors (Lipinski definition) is 4. The summed E-state index contributed by atoms with van der Waals surface area (Å²) in [6.45, 7) is 5.53. The third kappa shape index (κ3) is 6.66. The highest BCUT2D eigenvalue weighted by atomic mass is 35.5. The van der Waals surface area contributed by atoms with Crippen LogP contribution >= 0.6 is 12.4 Å². The number of likely N-dealkylation sites (N-methyl/N-ethyl adjacent to an activating group) is 1. The Bertz CT molecular complexity index is 155. The van der Waals surface area contributed by atoms with E-state index >= 15 is 0 Å². The lowest BCUT2D eigenvalue weighted by atomic mass is 10.1. The van der Waals surface area contributed by atoms with Gasteiger partial charge in [0.2, 0.25) is 0 Å². The van der Waals surface area contributed by atoms with Crippen molar-refractivity contribution in [2.75, 3.05) is 53.6 Å². The summed E-state index contributed by atoms with van der Waals surface area (Å²) in [6.07, 6.45) is 2.52. The van der Waals surface area contributed by atoms with Crippen LogP contribution in [0.25, 0.3) is 0 Å². The molecule has 1 rings (SSSR count). The van der Waals surface area contributed by atoms with Gasteiger partial charge in [0, 0.05) is 19.7 Å². The van der Waals surface area contributed by atoms with E-state index in [1.807, 2.05) is 0 Å². The van der Waals surface area contributed by atoms with Crippen molar-refractivity contribution in [2.24, 2.45) is 0 Å². The van der Waals surface area contributed by atoms with E-state index in [1.165, 1.54) is 12.8 Å². The Labute approximate surface area is 105 Å². The second-order valence-corrected chi connectivity index (χ2v) is 4.07. The maximum Gasteiger partial charge on any atom is 0.0700 e. The average molecular weight is 253 g/mol. The van der Waals surface area contributed by atoms with Gasteiger partial charge in [0.25, 0.3) is 0 Å². The van der Waals surface area contributed by atoms with Gasteiger partial charge < -0.3 is 19.7 Å². The lowest BCUT2D eigenvalue weighted by Crippen LogP contribution is -2.42. The van der Waals surface area contributed by atoms with Gasteiger partial charge in [-0.3, -0.25) is 0 Å². The summed E-state index contributed by atoms with van der Waals surface area (Å²) in [5.74, 6) is 0. The van der Waals surface area contributed by atoms with Crippen LogP contribution in [0, 0.1) is 0 Å². The molecule has 0 saturated carbocycles. The van der Waals surface area contributed by atoms with E-state index in [9.17, 15) is 0 Å². The molecule has 0 spiro atoms. The smallest absolute Gasteiger partial charge is 0.0700 e. The van der Waals surface area contributed by atoms with Crippen molar-refractivity contribution >= 4 is 12.4 Å². The van der Waals surface area contributed by atoms with Crippen LogP contribution in [-0.4, -0.2) is 64.6 Å². The molecule has 98 valence electrons. The predicted octanol–water partition coefficient (Wildman–Crippen LogP) is 0.755. The van der Waals surface area contributed by atoms with Crippen molar-refractivity contribution in [1.82, 2.24) is 10.2 Å². The monoisotopic (exact) mass is 252 g/mol. The Morgan fingerprint density at radius 3 is 2.50 bits per heavy atom. The molecule has 16 heavy (non-hydrogen) atoms. The Morgan fingerprint density at radius 1 is 1.19 bits per heavy atom. The highest BCUT2D eigenvalue weighted by Crippen LogP contribution is 2.08. The summed E-state index contributed by atoms with van der Waals surface area (Å²) in [4.78, 5) is 2.41. The van der Waals surface area contributed by atoms with E-state index < -0.39 is 0 Å². The van der Waals surface area contributed by atoms with Gasteiger partial charge in [-0.1, -0.05) is 0 Å². The molecule has 5 heteroatoms. The summed E-state index contributed by atoms with van der Waals surface area (Å²) in [6, 6.07) is 0.734. The van der Waals surface area contributed by atoms with Crippen LogP contribution in [0.3, 0.4) is 0 Å². The minimum Gasteiger partial charge on any atom is -0.382 e.